The van der Waals surface area contributed by atoms with Gasteiger partial charge in [-0.3, -0.25) is 4.99 Å². The zero-order valence-corrected chi connectivity index (χ0v) is 16.3. The molecule has 0 saturated heterocycles. The molecule has 0 radical (unpaired) electrons. The smallest absolute Gasteiger partial charge is 0.165 e. The highest BCUT2D eigenvalue weighted by Crippen LogP contribution is 2.37. The second kappa shape index (κ2) is 7.54. The number of allylic oxidation sites excluding steroid dienone is 1. The summed E-state index contributed by atoms with van der Waals surface area (Å²) in [6.07, 6.45) is 6.91. The summed E-state index contributed by atoms with van der Waals surface area (Å²) in [5.74, 6) is 2.56. The van der Waals surface area contributed by atoms with E-state index in [0.29, 0.717) is 12.1 Å². The van der Waals surface area contributed by atoms with Crippen molar-refractivity contribution in [3.63, 3.8) is 0 Å². The number of anilines is 3. The van der Waals surface area contributed by atoms with Crippen LogP contribution >= 0.6 is 0 Å². The lowest BCUT2D eigenvalue weighted by molar-refractivity contribution is 0.635. The van der Waals surface area contributed by atoms with Gasteiger partial charge in [0, 0.05) is 55.5 Å². The van der Waals surface area contributed by atoms with Crippen molar-refractivity contribution in [2.45, 2.75) is 52.1 Å². The largest absolute Gasteiger partial charge is 0.368 e. The van der Waals surface area contributed by atoms with Gasteiger partial charge in [-0.2, -0.15) is 5.10 Å². The molecule has 0 aromatic carbocycles. The van der Waals surface area contributed by atoms with Gasteiger partial charge in [-0.05, 0) is 27.2 Å². The number of hydrazone groups is 1. The summed E-state index contributed by atoms with van der Waals surface area (Å²) in [5, 5.41) is 11.4. The SMILES string of the molecule is CC1CC(CCNc2nc(C3=CCCN=C3)nc3c2NCN3C(C)C)=NN1. The molecule has 0 amide bonds. The fourth-order valence-electron chi connectivity index (χ4n) is 3.53. The number of aliphatic imine (C=N–C) groups is 1. The first-order chi connectivity index (χ1) is 13.1. The zero-order valence-electron chi connectivity index (χ0n) is 16.3. The van der Waals surface area contributed by atoms with E-state index < -0.39 is 0 Å². The molecule has 4 heterocycles. The minimum atomic E-state index is 0.365. The Kier molecular flexibility index (Phi) is 4.96. The fourth-order valence-corrected chi connectivity index (χ4v) is 3.53. The molecule has 144 valence electrons. The van der Waals surface area contributed by atoms with E-state index in [9.17, 15) is 0 Å². The first-order valence-corrected chi connectivity index (χ1v) is 9.79. The molecule has 3 aliphatic rings. The third-order valence-electron chi connectivity index (χ3n) is 5.01. The summed E-state index contributed by atoms with van der Waals surface area (Å²) in [7, 11) is 0. The van der Waals surface area contributed by atoms with Crippen LogP contribution in [-0.4, -0.2) is 53.7 Å². The molecule has 1 aromatic rings. The van der Waals surface area contributed by atoms with Gasteiger partial charge in [0.05, 0.1) is 6.67 Å². The van der Waals surface area contributed by atoms with Crippen LogP contribution in [0.25, 0.3) is 5.57 Å². The van der Waals surface area contributed by atoms with E-state index in [-0.39, 0.29) is 0 Å². The minimum absolute atomic E-state index is 0.365. The number of nitrogens with one attached hydrogen (secondary N) is 3. The van der Waals surface area contributed by atoms with Crippen LogP contribution in [0.3, 0.4) is 0 Å². The van der Waals surface area contributed by atoms with Crippen LogP contribution in [0.15, 0.2) is 16.2 Å². The summed E-state index contributed by atoms with van der Waals surface area (Å²) >= 11 is 0. The van der Waals surface area contributed by atoms with E-state index >= 15 is 0 Å². The van der Waals surface area contributed by atoms with Crippen LogP contribution in [0.4, 0.5) is 17.3 Å². The average molecular weight is 368 g/mol. The lowest BCUT2D eigenvalue weighted by Crippen LogP contribution is -2.30. The van der Waals surface area contributed by atoms with Gasteiger partial charge in [0.2, 0.25) is 0 Å². The van der Waals surface area contributed by atoms with Crippen molar-refractivity contribution in [1.82, 2.24) is 15.4 Å². The number of dihydropyridines is 1. The Morgan fingerprint density at radius 1 is 1.33 bits per heavy atom. The van der Waals surface area contributed by atoms with Gasteiger partial charge in [-0.15, -0.1) is 0 Å². The maximum Gasteiger partial charge on any atom is 0.165 e. The van der Waals surface area contributed by atoms with E-state index in [1.807, 2.05) is 6.21 Å². The number of fused-ring (bicyclic) bond motifs is 1. The lowest BCUT2D eigenvalue weighted by Gasteiger charge is -2.22. The summed E-state index contributed by atoms with van der Waals surface area (Å²) < 4.78 is 0. The van der Waals surface area contributed by atoms with Crippen molar-refractivity contribution >= 4 is 34.8 Å². The molecule has 0 saturated carbocycles. The quantitative estimate of drug-likeness (QED) is 0.715. The molecular weight excluding hydrogens is 340 g/mol. The maximum atomic E-state index is 4.85. The van der Waals surface area contributed by atoms with Gasteiger partial charge < -0.3 is 21.0 Å². The monoisotopic (exact) mass is 368 g/mol. The molecule has 0 aliphatic carbocycles. The Labute approximate surface area is 160 Å². The van der Waals surface area contributed by atoms with Gasteiger partial charge in [-0.25, -0.2) is 9.97 Å². The molecule has 3 aliphatic heterocycles. The lowest BCUT2D eigenvalue weighted by atomic mass is 10.1. The number of nitrogens with zero attached hydrogens (tertiary/aromatic N) is 5. The minimum Gasteiger partial charge on any atom is -0.368 e. The Morgan fingerprint density at radius 3 is 2.93 bits per heavy atom. The molecule has 0 fully saturated rings. The summed E-state index contributed by atoms with van der Waals surface area (Å²) in [4.78, 5) is 16.3. The van der Waals surface area contributed by atoms with Crippen LogP contribution in [0.1, 0.15) is 45.9 Å². The molecule has 0 bridgehead atoms. The van der Waals surface area contributed by atoms with Crippen molar-refractivity contribution < 1.29 is 0 Å². The van der Waals surface area contributed by atoms with E-state index in [4.69, 9.17) is 9.97 Å². The first-order valence-electron chi connectivity index (χ1n) is 9.79. The maximum absolute atomic E-state index is 4.85. The third-order valence-corrected chi connectivity index (χ3v) is 5.01. The van der Waals surface area contributed by atoms with E-state index in [1.165, 1.54) is 5.71 Å². The Balaban J connectivity index is 1.57. The number of aromatic nitrogens is 2. The van der Waals surface area contributed by atoms with E-state index in [2.05, 4.69) is 57.9 Å². The van der Waals surface area contributed by atoms with E-state index in [0.717, 1.165) is 67.7 Å². The molecule has 0 spiro atoms. The van der Waals surface area contributed by atoms with Crippen molar-refractivity contribution in [3.8, 4) is 0 Å². The fraction of sp³-hybridized carbons (Fsp3) is 0.579. The summed E-state index contributed by atoms with van der Waals surface area (Å²) in [6, 6.07) is 0.803. The third kappa shape index (κ3) is 3.74. The molecule has 8 nitrogen and oxygen atoms in total. The predicted molar refractivity (Wildman–Crippen MR) is 112 cm³/mol. The molecule has 4 rings (SSSR count). The average Bonchev–Trinajstić information content (AvgIpc) is 3.28. The van der Waals surface area contributed by atoms with Gasteiger partial charge in [0.25, 0.3) is 0 Å². The second-order valence-electron chi connectivity index (χ2n) is 7.57. The van der Waals surface area contributed by atoms with Gasteiger partial charge >= 0.3 is 0 Å². The van der Waals surface area contributed by atoms with Crippen molar-refractivity contribution in [2.24, 2.45) is 10.1 Å². The molecule has 1 unspecified atom stereocenters. The van der Waals surface area contributed by atoms with Crippen molar-refractivity contribution in [1.29, 1.82) is 0 Å². The molecular formula is C19H28N8. The number of hydrogen-bond acceptors (Lipinski definition) is 8. The summed E-state index contributed by atoms with van der Waals surface area (Å²) in [6.45, 7) is 8.90. The highest BCUT2D eigenvalue weighted by molar-refractivity contribution is 6.09. The summed E-state index contributed by atoms with van der Waals surface area (Å²) in [5.41, 5.74) is 6.32. The molecule has 3 N–H and O–H groups in total. The number of hydrogen-bond donors (Lipinski definition) is 3. The number of rotatable bonds is 6. The van der Waals surface area contributed by atoms with E-state index in [1.54, 1.807) is 0 Å². The van der Waals surface area contributed by atoms with Crippen LogP contribution in [0.2, 0.25) is 0 Å². The zero-order chi connectivity index (χ0) is 18.8. The highest BCUT2D eigenvalue weighted by Gasteiger charge is 2.27. The molecule has 27 heavy (non-hydrogen) atoms. The van der Waals surface area contributed by atoms with Crippen molar-refractivity contribution in [3.05, 3.63) is 11.9 Å². The Hall–Kier alpha value is -2.64. The topological polar surface area (TPSA) is 89.8 Å². The predicted octanol–water partition coefficient (Wildman–Crippen LogP) is 2.47. The van der Waals surface area contributed by atoms with Crippen LogP contribution < -0.4 is 21.0 Å². The Morgan fingerprint density at radius 2 is 2.22 bits per heavy atom. The van der Waals surface area contributed by atoms with Crippen LogP contribution in [-0.2, 0) is 0 Å². The standard InChI is InChI=1S/C19H28N8/c1-12(2)27-11-22-16-18(21-8-6-15-9-13(3)25-26-15)23-17(24-19(16)27)14-5-4-7-20-10-14/h5,10,12-13,22,25H,4,6-9,11H2,1-3H3,(H,21,23,24). The van der Waals surface area contributed by atoms with Gasteiger partial charge in [-0.1, -0.05) is 6.08 Å². The molecule has 1 atom stereocenters. The first kappa shape index (κ1) is 17.8. The van der Waals surface area contributed by atoms with Crippen LogP contribution in [0, 0.1) is 0 Å². The van der Waals surface area contributed by atoms with Gasteiger partial charge in [0.1, 0.15) is 5.69 Å². The van der Waals surface area contributed by atoms with Crippen LogP contribution in [0.5, 0.6) is 0 Å². The van der Waals surface area contributed by atoms with Gasteiger partial charge in [0.15, 0.2) is 17.5 Å². The molecule has 8 heteroatoms. The van der Waals surface area contributed by atoms with Crippen molar-refractivity contribution in [2.75, 3.05) is 35.3 Å². The molecule has 1 aromatic heterocycles. The second-order valence-corrected chi connectivity index (χ2v) is 7.57. The Bertz CT molecular complexity index is 795. The highest BCUT2D eigenvalue weighted by atomic mass is 15.4. The normalized spacial score (nSPS) is 20.9.